The Morgan fingerprint density at radius 3 is 1.59 bits per heavy atom. The summed E-state index contributed by atoms with van der Waals surface area (Å²) in [4.78, 5) is 2.62. The lowest BCUT2D eigenvalue weighted by atomic mass is 9.67. The van der Waals surface area contributed by atoms with Gasteiger partial charge >= 0.3 is 0 Å². The zero-order chi connectivity index (χ0) is 43.5. The lowest BCUT2D eigenvalue weighted by Crippen LogP contribution is -2.32. The lowest BCUT2D eigenvalue weighted by Gasteiger charge is -2.37. The van der Waals surface area contributed by atoms with Crippen LogP contribution in [0.4, 0.5) is 17.1 Å². The standard InChI is InChI=1S/C65H49N/c1-63(2)53-22-8-3-18-49(53)51-21-13-20-45(62(51)63)41-30-33-43(34-31-41)66(44-35-36-50-46-15-4-9-23-54(46)64(59(50)38-44)39-40-29-32-42(64)37-40)60-28-14-27-58-61(60)52-19-7-12-26-57(52)65(58)55-24-10-5-16-47(55)48-17-6-11-25-56(48)65/h3-28,30-31,33-36,38,40,42H,29,32,37,39H2,1-2H3. The van der Waals surface area contributed by atoms with Crippen LogP contribution in [0.2, 0.25) is 0 Å². The first-order valence-corrected chi connectivity index (χ1v) is 24.3. The SMILES string of the molecule is CC1(C)c2ccccc2-c2cccc(-c3ccc(N(c4ccc5c(c4)C4(CC6CCC4C6)c4ccccc4-5)c4cccc5c4-c4ccccc4C54c5ccccc5-c5ccccc54)cc3)c21. The van der Waals surface area contributed by atoms with Crippen LogP contribution in [-0.4, -0.2) is 0 Å². The van der Waals surface area contributed by atoms with Gasteiger partial charge in [-0.1, -0.05) is 190 Å². The van der Waals surface area contributed by atoms with Crippen LogP contribution in [0.3, 0.4) is 0 Å². The Kier molecular flexibility index (Phi) is 7.29. The highest BCUT2D eigenvalue weighted by Gasteiger charge is 2.57. The maximum Gasteiger partial charge on any atom is 0.0726 e. The van der Waals surface area contributed by atoms with E-state index in [1.165, 1.54) is 132 Å². The third kappa shape index (κ3) is 4.47. The van der Waals surface area contributed by atoms with Crippen molar-refractivity contribution in [2.45, 2.75) is 55.8 Å². The van der Waals surface area contributed by atoms with E-state index in [4.69, 9.17) is 0 Å². The third-order valence-corrected chi connectivity index (χ3v) is 17.5. The van der Waals surface area contributed by atoms with Crippen LogP contribution in [0.5, 0.6) is 0 Å². The molecule has 3 unspecified atom stereocenters. The topological polar surface area (TPSA) is 3.24 Å². The Morgan fingerprint density at radius 2 is 0.924 bits per heavy atom. The van der Waals surface area contributed by atoms with E-state index in [2.05, 4.69) is 219 Å². The van der Waals surface area contributed by atoms with E-state index in [1.54, 1.807) is 11.1 Å². The molecule has 314 valence electrons. The second-order valence-electron chi connectivity index (χ2n) is 20.7. The molecule has 1 heteroatoms. The molecule has 15 rings (SSSR count). The van der Waals surface area contributed by atoms with Gasteiger partial charge in [0.15, 0.2) is 0 Å². The summed E-state index contributed by atoms with van der Waals surface area (Å²) in [7, 11) is 0. The lowest BCUT2D eigenvalue weighted by molar-refractivity contribution is 0.327. The van der Waals surface area contributed by atoms with E-state index in [1.807, 2.05) is 0 Å². The zero-order valence-electron chi connectivity index (χ0n) is 37.5. The molecule has 0 aliphatic heterocycles. The van der Waals surface area contributed by atoms with Gasteiger partial charge in [-0.3, -0.25) is 0 Å². The molecular weight excluding hydrogens is 795 g/mol. The summed E-state index contributed by atoms with van der Waals surface area (Å²) in [5.41, 5.74) is 28.1. The van der Waals surface area contributed by atoms with Gasteiger partial charge in [0.1, 0.15) is 0 Å². The Hall–Kier alpha value is -7.22. The molecule has 66 heavy (non-hydrogen) atoms. The van der Waals surface area contributed by atoms with Crippen molar-refractivity contribution in [2.24, 2.45) is 11.8 Å². The molecule has 0 amide bonds. The van der Waals surface area contributed by atoms with Crippen LogP contribution in [0.1, 0.15) is 84.0 Å². The Morgan fingerprint density at radius 1 is 0.409 bits per heavy atom. The second kappa shape index (κ2) is 13.0. The van der Waals surface area contributed by atoms with Gasteiger partial charge < -0.3 is 4.90 Å². The molecule has 9 aromatic carbocycles. The average Bonchev–Trinajstić information content (AvgIpc) is 4.21. The van der Waals surface area contributed by atoms with Crippen molar-refractivity contribution in [3.63, 3.8) is 0 Å². The van der Waals surface area contributed by atoms with Crippen molar-refractivity contribution in [3.05, 3.63) is 245 Å². The molecule has 0 heterocycles. The maximum atomic E-state index is 2.63. The van der Waals surface area contributed by atoms with E-state index < -0.39 is 5.41 Å². The molecule has 0 radical (unpaired) electrons. The fourth-order valence-corrected chi connectivity index (χ4v) is 15.1. The monoisotopic (exact) mass is 843 g/mol. The van der Waals surface area contributed by atoms with Crippen molar-refractivity contribution in [3.8, 4) is 55.6 Å². The molecule has 1 nitrogen and oxygen atoms in total. The number of rotatable bonds is 4. The number of benzene rings is 9. The summed E-state index contributed by atoms with van der Waals surface area (Å²) in [5.74, 6) is 1.49. The molecule has 9 aromatic rings. The van der Waals surface area contributed by atoms with Crippen molar-refractivity contribution in [1.29, 1.82) is 0 Å². The van der Waals surface area contributed by atoms with Crippen LogP contribution in [0.25, 0.3) is 55.6 Å². The first-order chi connectivity index (χ1) is 32.5. The number of anilines is 3. The summed E-state index contributed by atoms with van der Waals surface area (Å²) in [5, 5.41) is 0. The number of hydrogen-bond acceptors (Lipinski definition) is 1. The number of nitrogens with zero attached hydrogens (tertiary/aromatic N) is 1. The molecule has 0 saturated heterocycles. The summed E-state index contributed by atoms with van der Waals surface area (Å²) in [6.07, 6.45) is 5.31. The smallest absolute Gasteiger partial charge is 0.0726 e. The quantitative estimate of drug-likeness (QED) is 0.171. The molecule has 2 saturated carbocycles. The van der Waals surface area contributed by atoms with Crippen LogP contribution < -0.4 is 4.90 Å². The normalized spacial score (nSPS) is 20.6. The molecule has 2 spiro atoms. The highest BCUT2D eigenvalue weighted by atomic mass is 15.1. The average molecular weight is 844 g/mol. The number of fused-ring (bicyclic) bond motifs is 21. The largest absolute Gasteiger partial charge is 0.310 e. The first-order valence-electron chi connectivity index (χ1n) is 24.3. The Labute approximate surface area is 388 Å². The van der Waals surface area contributed by atoms with E-state index in [0.29, 0.717) is 5.92 Å². The minimum Gasteiger partial charge on any atom is -0.310 e. The zero-order valence-corrected chi connectivity index (χ0v) is 37.5. The van der Waals surface area contributed by atoms with Crippen LogP contribution >= 0.6 is 0 Å². The summed E-state index contributed by atoms with van der Waals surface area (Å²) in [6.45, 7) is 4.79. The Bertz CT molecular complexity index is 3500. The number of hydrogen-bond donors (Lipinski definition) is 0. The third-order valence-electron chi connectivity index (χ3n) is 17.5. The summed E-state index contributed by atoms with van der Waals surface area (Å²) in [6, 6.07) is 77.1. The molecule has 0 aromatic heterocycles. The molecule has 2 bridgehead atoms. The van der Waals surface area contributed by atoms with Gasteiger partial charge in [0, 0.05) is 27.8 Å². The minimum atomic E-state index is -0.421. The van der Waals surface area contributed by atoms with Gasteiger partial charge in [0.05, 0.1) is 11.1 Å². The fourth-order valence-electron chi connectivity index (χ4n) is 15.1. The molecule has 6 aliphatic carbocycles. The van der Waals surface area contributed by atoms with Gasteiger partial charge in [-0.05, 0) is 156 Å². The van der Waals surface area contributed by atoms with E-state index >= 15 is 0 Å². The molecule has 6 aliphatic rings. The predicted octanol–water partition coefficient (Wildman–Crippen LogP) is 16.6. The van der Waals surface area contributed by atoms with E-state index in [9.17, 15) is 0 Å². The Balaban J connectivity index is 0.968. The highest BCUT2D eigenvalue weighted by Crippen LogP contribution is 2.68. The minimum absolute atomic E-state index is 0.0744. The molecule has 3 atom stereocenters. The van der Waals surface area contributed by atoms with Gasteiger partial charge in [-0.15, -0.1) is 0 Å². The van der Waals surface area contributed by atoms with Crippen molar-refractivity contribution < 1.29 is 0 Å². The molecule has 2 fully saturated rings. The van der Waals surface area contributed by atoms with Crippen molar-refractivity contribution in [2.75, 3.05) is 4.90 Å². The van der Waals surface area contributed by atoms with Gasteiger partial charge in [0.2, 0.25) is 0 Å². The maximum absolute atomic E-state index is 2.63. The van der Waals surface area contributed by atoms with Crippen molar-refractivity contribution >= 4 is 17.1 Å². The van der Waals surface area contributed by atoms with Crippen LogP contribution in [-0.2, 0) is 16.2 Å². The highest BCUT2D eigenvalue weighted by molar-refractivity contribution is 6.01. The van der Waals surface area contributed by atoms with Gasteiger partial charge in [0.25, 0.3) is 0 Å². The predicted molar refractivity (Wildman–Crippen MR) is 272 cm³/mol. The van der Waals surface area contributed by atoms with Crippen molar-refractivity contribution in [1.82, 2.24) is 0 Å². The van der Waals surface area contributed by atoms with Gasteiger partial charge in [-0.25, -0.2) is 0 Å². The molecule has 0 N–H and O–H groups in total. The first kappa shape index (κ1) is 37.0. The summed E-state index contributed by atoms with van der Waals surface area (Å²) >= 11 is 0. The summed E-state index contributed by atoms with van der Waals surface area (Å²) < 4.78 is 0. The van der Waals surface area contributed by atoms with E-state index in [0.717, 1.165) is 5.92 Å². The van der Waals surface area contributed by atoms with E-state index in [-0.39, 0.29) is 10.8 Å². The molecular formula is C65H49N. The fraction of sp³-hybridized carbons (Fsp3) is 0.169. The second-order valence-corrected chi connectivity index (χ2v) is 20.7. The van der Waals surface area contributed by atoms with Crippen LogP contribution in [0, 0.1) is 11.8 Å². The van der Waals surface area contributed by atoms with Gasteiger partial charge in [-0.2, -0.15) is 0 Å². The van der Waals surface area contributed by atoms with Crippen LogP contribution in [0.15, 0.2) is 200 Å².